The smallest absolute Gasteiger partial charge is 0.234 e. The first-order chi connectivity index (χ1) is 6.61. The Hall–Kier alpha value is -1.23. The Morgan fingerprint density at radius 1 is 1.64 bits per heavy atom. The molecule has 0 N–H and O–H groups in total. The Kier molecular flexibility index (Phi) is 3.76. The molecule has 5 nitrogen and oxygen atoms in total. The highest BCUT2D eigenvalue weighted by molar-refractivity contribution is 5.77. The predicted octanol–water partition coefficient (Wildman–Crippen LogP) is 0.778. The Morgan fingerprint density at radius 3 is 2.93 bits per heavy atom. The average molecular weight is 198 g/mol. The lowest BCUT2D eigenvalue weighted by Crippen LogP contribution is -2.09. The summed E-state index contributed by atoms with van der Waals surface area (Å²) in [7, 11) is 1.63. The molecule has 0 fully saturated rings. The quantitative estimate of drug-likeness (QED) is 0.699. The first-order valence-corrected chi connectivity index (χ1v) is 4.45. The van der Waals surface area contributed by atoms with Crippen LogP contribution >= 0.6 is 0 Å². The maximum Gasteiger partial charge on any atom is 0.234 e. The number of hydrogen-bond acceptors (Lipinski definition) is 5. The molecule has 1 aromatic heterocycles. The lowest BCUT2D eigenvalue weighted by atomic mass is 10.3. The highest BCUT2D eigenvalue weighted by Gasteiger charge is 2.10. The van der Waals surface area contributed by atoms with Gasteiger partial charge in [-0.1, -0.05) is 5.16 Å². The molecule has 14 heavy (non-hydrogen) atoms. The van der Waals surface area contributed by atoms with Crippen LogP contribution in [0.4, 0.5) is 0 Å². The SMILES string of the molecule is COC(C)Cc1noc(CC(C)=O)n1. The van der Waals surface area contributed by atoms with Crippen LogP contribution in [0.1, 0.15) is 25.6 Å². The summed E-state index contributed by atoms with van der Waals surface area (Å²) >= 11 is 0. The maximum atomic E-state index is 10.7. The minimum Gasteiger partial charge on any atom is -0.381 e. The van der Waals surface area contributed by atoms with Crippen molar-refractivity contribution in [2.75, 3.05) is 7.11 Å². The average Bonchev–Trinajstić information content (AvgIpc) is 2.51. The molecule has 0 radical (unpaired) electrons. The topological polar surface area (TPSA) is 65.2 Å². The molecule has 0 saturated carbocycles. The molecular weight excluding hydrogens is 184 g/mol. The molecular formula is C9H14N2O3. The zero-order valence-corrected chi connectivity index (χ0v) is 8.61. The minimum absolute atomic E-state index is 0.0139. The van der Waals surface area contributed by atoms with Gasteiger partial charge in [-0.25, -0.2) is 0 Å². The number of hydrogen-bond donors (Lipinski definition) is 0. The molecule has 0 amide bonds. The van der Waals surface area contributed by atoms with Gasteiger partial charge in [-0.05, 0) is 13.8 Å². The number of ether oxygens (including phenoxy) is 1. The van der Waals surface area contributed by atoms with Crippen LogP contribution in [0, 0.1) is 0 Å². The molecule has 78 valence electrons. The van der Waals surface area contributed by atoms with Gasteiger partial charge in [0.2, 0.25) is 5.89 Å². The molecule has 1 atom stereocenters. The Bertz CT molecular complexity index is 309. The third kappa shape index (κ3) is 3.26. The molecule has 1 rings (SSSR count). The summed E-state index contributed by atoms with van der Waals surface area (Å²) in [6.45, 7) is 3.41. The van der Waals surface area contributed by atoms with Crippen LogP contribution in [0.15, 0.2) is 4.52 Å². The Morgan fingerprint density at radius 2 is 2.36 bits per heavy atom. The highest BCUT2D eigenvalue weighted by atomic mass is 16.5. The summed E-state index contributed by atoms with van der Waals surface area (Å²) in [5.74, 6) is 0.964. The predicted molar refractivity (Wildman–Crippen MR) is 48.9 cm³/mol. The number of methoxy groups -OCH3 is 1. The molecule has 0 aliphatic carbocycles. The summed E-state index contributed by atoms with van der Waals surface area (Å²) in [5, 5.41) is 3.74. The molecule has 0 aliphatic rings. The first-order valence-electron chi connectivity index (χ1n) is 4.45. The number of Topliss-reactive ketones (excluding diaryl/α,β-unsaturated/α-hetero) is 1. The van der Waals surface area contributed by atoms with E-state index in [0.29, 0.717) is 18.1 Å². The van der Waals surface area contributed by atoms with Crippen molar-refractivity contribution in [1.82, 2.24) is 10.1 Å². The zero-order chi connectivity index (χ0) is 10.6. The van der Waals surface area contributed by atoms with Crippen molar-refractivity contribution in [2.45, 2.75) is 32.8 Å². The second kappa shape index (κ2) is 4.85. The summed E-state index contributed by atoms with van der Waals surface area (Å²) in [6, 6.07) is 0. The fourth-order valence-corrected chi connectivity index (χ4v) is 0.998. The summed E-state index contributed by atoms with van der Waals surface area (Å²) < 4.78 is 9.94. The van der Waals surface area contributed by atoms with Crippen LogP contribution in [0.3, 0.4) is 0 Å². The molecule has 5 heteroatoms. The van der Waals surface area contributed by atoms with Crippen molar-refractivity contribution in [3.05, 3.63) is 11.7 Å². The largest absolute Gasteiger partial charge is 0.381 e. The van der Waals surface area contributed by atoms with E-state index in [2.05, 4.69) is 10.1 Å². The molecule has 0 bridgehead atoms. The fraction of sp³-hybridized carbons (Fsp3) is 0.667. The molecule has 0 aromatic carbocycles. The summed E-state index contributed by atoms with van der Waals surface area (Å²) in [6.07, 6.45) is 0.851. The van der Waals surface area contributed by atoms with Gasteiger partial charge >= 0.3 is 0 Å². The zero-order valence-electron chi connectivity index (χ0n) is 8.61. The van der Waals surface area contributed by atoms with Gasteiger partial charge in [0.15, 0.2) is 5.82 Å². The van der Waals surface area contributed by atoms with E-state index in [4.69, 9.17) is 9.26 Å². The number of carbonyl (C=O) groups is 1. The van der Waals surface area contributed by atoms with Gasteiger partial charge < -0.3 is 9.26 Å². The van der Waals surface area contributed by atoms with E-state index >= 15 is 0 Å². The molecule has 1 unspecified atom stereocenters. The van der Waals surface area contributed by atoms with Crippen molar-refractivity contribution < 1.29 is 14.1 Å². The maximum absolute atomic E-state index is 10.7. The number of rotatable bonds is 5. The third-order valence-electron chi connectivity index (χ3n) is 1.78. The van der Waals surface area contributed by atoms with Gasteiger partial charge in [-0.15, -0.1) is 0 Å². The van der Waals surface area contributed by atoms with E-state index in [1.807, 2.05) is 6.92 Å². The van der Waals surface area contributed by atoms with Crippen molar-refractivity contribution in [3.8, 4) is 0 Å². The lowest BCUT2D eigenvalue weighted by Gasteiger charge is -2.03. The standard InChI is InChI=1S/C9H14N2O3/c1-6(12)4-9-10-8(11-14-9)5-7(2)13-3/h7H,4-5H2,1-3H3. The first kappa shape index (κ1) is 10.8. The number of ketones is 1. The van der Waals surface area contributed by atoms with Crippen molar-refractivity contribution in [3.63, 3.8) is 0 Å². The van der Waals surface area contributed by atoms with E-state index in [1.54, 1.807) is 7.11 Å². The van der Waals surface area contributed by atoms with Crippen LogP contribution < -0.4 is 0 Å². The minimum atomic E-state index is 0.0139. The van der Waals surface area contributed by atoms with E-state index in [-0.39, 0.29) is 18.3 Å². The Labute approximate surface area is 82.4 Å². The highest BCUT2D eigenvalue weighted by Crippen LogP contribution is 2.03. The van der Waals surface area contributed by atoms with Crippen LogP contribution in [-0.2, 0) is 22.4 Å². The van der Waals surface area contributed by atoms with Gasteiger partial charge in [-0.3, -0.25) is 4.79 Å². The molecule has 1 aromatic rings. The van der Waals surface area contributed by atoms with Crippen LogP contribution in [0.25, 0.3) is 0 Å². The van der Waals surface area contributed by atoms with Crippen molar-refractivity contribution in [2.24, 2.45) is 0 Å². The second-order valence-electron chi connectivity index (χ2n) is 3.23. The molecule has 0 spiro atoms. The van der Waals surface area contributed by atoms with Gasteiger partial charge in [0.05, 0.1) is 12.5 Å². The monoisotopic (exact) mass is 198 g/mol. The number of nitrogens with zero attached hydrogens (tertiary/aromatic N) is 2. The normalized spacial score (nSPS) is 12.8. The van der Waals surface area contributed by atoms with Crippen LogP contribution in [-0.4, -0.2) is 29.1 Å². The lowest BCUT2D eigenvalue weighted by molar-refractivity contribution is -0.116. The molecule has 0 saturated heterocycles. The van der Waals surface area contributed by atoms with Gasteiger partial charge in [0.25, 0.3) is 0 Å². The third-order valence-corrected chi connectivity index (χ3v) is 1.78. The molecule has 1 heterocycles. The van der Waals surface area contributed by atoms with Gasteiger partial charge in [-0.2, -0.15) is 4.98 Å². The second-order valence-corrected chi connectivity index (χ2v) is 3.23. The fourth-order valence-electron chi connectivity index (χ4n) is 0.998. The summed E-state index contributed by atoms with van der Waals surface area (Å²) in [5.41, 5.74) is 0. The van der Waals surface area contributed by atoms with Crippen LogP contribution in [0.2, 0.25) is 0 Å². The van der Waals surface area contributed by atoms with E-state index in [1.165, 1.54) is 6.92 Å². The molecule has 0 aliphatic heterocycles. The number of aromatic nitrogens is 2. The summed E-state index contributed by atoms with van der Waals surface area (Å²) in [4.78, 5) is 14.8. The van der Waals surface area contributed by atoms with E-state index < -0.39 is 0 Å². The van der Waals surface area contributed by atoms with Gasteiger partial charge in [0, 0.05) is 13.5 Å². The van der Waals surface area contributed by atoms with E-state index in [9.17, 15) is 4.79 Å². The van der Waals surface area contributed by atoms with Crippen molar-refractivity contribution in [1.29, 1.82) is 0 Å². The Balaban J connectivity index is 2.54. The van der Waals surface area contributed by atoms with Gasteiger partial charge in [0.1, 0.15) is 5.78 Å². The van der Waals surface area contributed by atoms with Crippen LogP contribution in [0.5, 0.6) is 0 Å². The van der Waals surface area contributed by atoms with Crippen molar-refractivity contribution >= 4 is 5.78 Å². The number of carbonyl (C=O) groups excluding carboxylic acids is 1. The van der Waals surface area contributed by atoms with E-state index in [0.717, 1.165) is 0 Å².